The molecule has 0 radical (unpaired) electrons. The van der Waals surface area contributed by atoms with Gasteiger partial charge >= 0.3 is 12.0 Å². The molecule has 0 rings (SSSR count). The average molecular weight is 261 g/mol. The Morgan fingerprint density at radius 2 is 1.94 bits per heavy atom. The van der Waals surface area contributed by atoms with Crippen LogP contribution in [0.3, 0.4) is 0 Å². The zero-order valence-corrected chi connectivity index (χ0v) is 11.3. The van der Waals surface area contributed by atoms with E-state index in [0.29, 0.717) is 26.3 Å². The summed E-state index contributed by atoms with van der Waals surface area (Å²) in [6.45, 7) is 4.04. The molecule has 0 bridgehead atoms. The van der Waals surface area contributed by atoms with Gasteiger partial charge in [-0.25, -0.2) is 4.79 Å². The minimum atomic E-state index is -1.02. The van der Waals surface area contributed by atoms with Crippen molar-refractivity contribution in [3.05, 3.63) is 0 Å². The molecule has 0 aliphatic carbocycles. The van der Waals surface area contributed by atoms with E-state index in [4.69, 9.17) is 9.84 Å². The molecule has 18 heavy (non-hydrogen) atoms. The van der Waals surface area contributed by atoms with Crippen LogP contribution in [0.1, 0.15) is 6.92 Å². The molecule has 0 aromatic carbocycles. The Balaban J connectivity index is 3.65. The molecule has 106 valence electrons. The van der Waals surface area contributed by atoms with E-state index in [1.165, 1.54) is 4.90 Å². The Morgan fingerprint density at radius 1 is 1.28 bits per heavy atom. The van der Waals surface area contributed by atoms with E-state index in [0.717, 1.165) is 6.54 Å². The number of nitrogens with one attached hydrogen (secondary N) is 1. The molecular formula is C11H23N3O4. The van der Waals surface area contributed by atoms with Crippen molar-refractivity contribution in [3.63, 3.8) is 0 Å². The number of carboxylic acid groups (broad SMARTS) is 1. The van der Waals surface area contributed by atoms with Crippen molar-refractivity contribution in [1.29, 1.82) is 0 Å². The zero-order valence-electron chi connectivity index (χ0n) is 11.3. The SMILES string of the molecule is CCN(CC(=O)O)C(=O)NCCOCCN(C)C. The van der Waals surface area contributed by atoms with Crippen LogP contribution in [0.15, 0.2) is 0 Å². The standard InChI is InChI=1S/C11H23N3O4/c1-4-14(9-10(15)16)11(17)12-5-7-18-8-6-13(2)3/h4-9H2,1-3H3,(H,12,17)(H,15,16). The van der Waals surface area contributed by atoms with Crippen molar-refractivity contribution in [3.8, 4) is 0 Å². The van der Waals surface area contributed by atoms with Gasteiger partial charge in [0.05, 0.1) is 13.2 Å². The van der Waals surface area contributed by atoms with Crippen LogP contribution in [0.2, 0.25) is 0 Å². The molecule has 0 heterocycles. The number of carbonyl (C=O) groups excluding carboxylic acids is 1. The summed E-state index contributed by atoms with van der Waals surface area (Å²) in [5.41, 5.74) is 0. The molecule has 7 heteroatoms. The van der Waals surface area contributed by atoms with Gasteiger partial charge < -0.3 is 25.0 Å². The monoisotopic (exact) mass is 261 g/mol. The lowest BCUT2D eigenvalue weighted by Crippen LogP contribution is -2.43. The van der Waals surface area contributed by atoms with Crippen molar-refractivity contribution in [2.75, 3.05) is 53.5 Å². The van der Waals surface area contributed by atoms with E-state index in [-0.39, 0.29) is 12.6 Å². The lowest BCUT2D eigenvalue weighted by molar-refractivity contribution is -0.137. The van der Waals surface area contributed by atoms with Crippen LogP contribution in [0.25, 0.3) is 0 Å². The second kappa shape index (κ2) is 9.67. The Labute approximate surface area is 108 Å². The van der Waals surface area contributed by atoms with Crippen molar-refractivity contribution < 1.29 is 19.4 Å². The Hall–Kier alpha value is -1.34. The van der Waals surface area contributed by atoms with E-state index in [1.807, 2.05) is 19.0 Å². The number of ether oxygens (including phenoxy) is 1. The number of urea groups is 1. The molecule has 7 nitrogen and oxygen atoms in total. The molecule has 0 aliphatic heterocycles. The normalized spacial score (nSPS) is 10.4. The van der Waals surface area contributed by atoms with Gasteiger partial charge in [-0.3, -0.25) is 4.79 Å². The van der Waals surface area contributed by atoms with Crippen LogP contribution in [0.4, 0.5) is 4.79 Å². The van der Waals surface area contributed by atoms with Gasteiger partial charge in [0.2, 0.25) is 0 Å². The minimum absolute atomic E-state index is 0.288. The van der Waals surface area contributed by atoms with E-state index >= 15 is 0 Å². The first-order chi connectivity index (χ1) is 8.47. The molecule has 0 unspecified atom stereocenters. The third-order valence-electron chi connectivity index (χ3n) is 2.20. The predicted octanol–water partition coefficient (Wildman–Crippen LogP) is -0.319. The average Bonchev–Trinajstić information content (AvgIpc) is 2.29. The Bertz CT molecular complexity index is 259. The highest BCUT2D eigenvalue weighted by Crippen LogP contribution is 1.89. The van der Waals surface area contributed by atoms with Crippen molar-refractivity contribution in [2.24, 2.45) is 0 Å². The summed E-state index contributed by atoms with van der Waals surface area (Å²) in [5.74, 6) is -1.02. The molecule has 0 aliphatic rings. The largest absolute Gasteiger partial charge is 0.480 e. The number of amides is 2. The molecule has 0 fully saturated rings. The summed E-state index contributed by atoms with van der Waals surface area (Å²) in [4.78, 5) is 25.3. The quantitative estimate of drug-likeness (QED) is 0.556. The molecule has 0 saturated heterocycles. The predicted molar refractivity (Wildman–Crippen MR) is 67.7 cm³/mol. The van der Waals surface area contributed by atoms with Gasteiger partial charge in [-0.1, -0.05) is 0 Å². The van der Waals surface area contributed by atoms with E-state index < -0.39 is 5.97 Å². The van der Waals surface area contributed by atoms with Crippen LogP contribution < -0.4 is 5.32 Å². The first-order valence-corrected chi connectivity index (χ1v) is 5.94. The molecule has 0 saturated carbocycles. The molecule has 0 atom stereocenters. The van der Waals surface area contributed by atoms with Crippen molar-refractivity contribution in [2.45, 2.75) is 6.92 Å². The van der Waals surface area contributed by atoms with Crippen LogP contribution >= 0.6 is 0 Å². The summed E-state index contributed by atoms with van der Waals surface area (Å²) < 4.78 is 5.30. The second-order valence-electron chi connectivity index (χ2n) is 4.06. The van der Waals surface area contributed by atoms with Crippen LogP contribution in [0.5, 0.6) is 0 Å². The number of carboxylic acids is 1. The highest BCUT2D eigenvalue weighted by molar-refractivity contribution is 5.79. The summed E-state index contributed by atoms with van der Waals surface area (Å²) in [6, 6.07) is -0.379. The van der Waals surface area contributed by atoms with Crippen LogP contribution in [-0.2, 0) is 9.53 Å². The van der Waals surface area contributed by atoms with Crippen molar-refractivity contribution in [1.82, 2.24) is 15.1 Å². The molecule has 2 amide bonds. The third kappa shape index (κ3) is 8.77. The number of rotatable bonds is 9. The first-order valence-electron chi connectivity index (χ1n) is 5.94. The van der Waals surface area contributed by atoms with Gasteiger partial charge in [0.25, 0.3) is 0 Å². The Kier molecular flexibility index (Phi) is 8.95. The van der Waals surface area contributed by atoms with Crippen LogP contribution in [0, 0.1) is 0 Å². The maximum atomic E-state index is 11.5. The fraction of sp³-hybridized carbons (Fsp3) is 0.818. The highest BCUT2D eigenvalue weighted by atomic mass is 16.5. The summed E-state index contributed by atoms with van der Waals surface area (Å²) in [7, 11) is 3.91. The molecular weight excluding hydrogens is 238 g/mol. The topological polar surface area (TPSA) is 82.1 Å². The van der Waals surface area contributed by atoms with Gasteiger partial charge in [0.1, 0.15) is 6.54 Å². The molecule has 2 N–H and O–H groups in total. The highest BCUT2D eigenvalue weighted by Gasteiger charge is 2.13. The molecule has 0 aromatic heterocycles. The number of likely N-dealkylation sites (N-methyl/N-ethyl adjacent to an activating group) is 2. The van der Waals surface area contributed by atoms with Crippen LogP contribution in [-0.4, -0.2) is 80.4 Å². The smallest absolute Gasteiger partial charge is 0.323 e. The maximum Gasteiger partial charge on any atom is 0.323 e. The zero-order chi connectivity index (χ0) is 14.0. The number of hydrogen-bond donors (Lipinski definition) is 2. The number of hydrogen-bond acceptors (Lipinski definition) is 4. The summed E-state index contributed by atoms with van der Waals surface area (Å²) >= 11 is 0. The first kappa shape index (κ1) is 16.7. The van der Waals surface area contributed by atoms with Gasteiger partial charge in [0, 0.05) is 19.6 Å². The van der Waals surface area contributed by atoms with Gasteiger partial charge in [0.15, 0.2) is 0 Å². The van der Waals surface area contributed by atoms with Gasteiger partial charge in [-0.05, 0) is 21.0 Å². The summed E-state index contributed by atoms with van der Waals surface area (Å²) in [6.07, 6.45) is 0. The number of aliphatic carboxylic acids is 1. The second-order valence-corrected chi connectivity index (χ2v) is 4.06. The van der Waals surface area contributed by atoms with Gasteiger partial charge in [-0.15, -0.1) is 0 Å². The minimum Gasteiger partial charge on any atom is -0.480 e. The van der Waals surface area contributed by atoms with E-state index in [2.05, 4.69) is 5.32 Å². The fourth-order valence-corrected chi connectivity index (χ4v) is 1.18. The lowest BCUT2D eigenvalue weighted by Gasteiger charge is -2.19. The molecule has 0 aromatic rings. The number of carbonyl (C=O) groups is 2. The number of nitrogens with zero attached hydrogens (tertiary/aromatic N) is 2. The van der Waals surface area contributed by atoms with E-state index in [1.54, 1.807) is 6.92 Å². The van der Waals surface area contributed by atoms with Crippen molar-refractivity contribution >= 4 is 12.0 Å². The lowest BCUT2D eigenvalue weighted by atomic mass is 10.5. The van der Waals surface area contributed by atoms with E-state index in [9.17, 15) is 9.59 Å². The third-order valence-corrected chi connectivity index (χ3v) is 2.20. The van der Waals surface area contributed by atoms with Gasteiger partial charge in [-0.2, -0.15) is 0 Å². The maximum absolute atomic E-state index is 11.5. The Morgan fingerprint density at radius 3 is 2.44 bits per heavy atom. The summed E-state index contributed by atoms with van der Waals surface area (Å²) in [5, 5.41) is 11.2. The molecule has 0 spiro atoms. The fourth-order valence-electron chi connectivity index (χ4n) is 1.18.